The zero-order chi connectivity index (χ0) is 16.6. The second kappa shape index (κ2) is 5.57. The quantitative estimate of drug-likeness (QED) is 0.848. The van der Waals surface area contributed by atoms with E-state index >= 15 is 0 Å². The molecular formula is C16H12F4N2O. The highest BCUT2D eigenvalue weighted by atomic mass is 19.4. The fraction of sp³-hybridized carbons (Fsp3) is 0.188. The number of fused-ring (bicyclic) bond motifs is 1. The van der Waals surface area contributed by atoms with Gasteiger partial charge in [0.05, 0.1) is 5.56 Å². The highest BCUT2D eigenvalue weighted by Crippen LogP contribution is 2.35. The average Bonchev–Trinajstić information content (AvgIpc) is 2.50. The predicted octanol–water partition coefficient (Wildman–Crippen LogP) is 3.95. The van der Waals surface area contributed by atoms with Crippen molar-refractivity contribution in [1.82, 2.24) is 4.90 Å². The molecule has 0 fully saturated rings. The maximum absolute atomic E-state index is 14.0. The SMILES string of the molecule is O=C1c2ccccc2N[C@H](c2ccccc2F)N1CC(F)(F)F. The number of amides is 1. The third kappa shape index (κ3) is 2.99. The molecule has 2 aromatic carbocycles. The van der Waals surface area contributed by atoms with E-state index in [4.69, 9.17) is 0 Å². The van der Waals surface area contributed by atoms with Crippen LogP contribution in [-0.4, -0.2) is 23.5 Å². The lowest BCUT2D eigenvalue weighted by Gasteiger charge is -2.38. The summed E-state index contributed by atoms with van der Waals surface area (Å²) in [6.07, 6.45) is -5.81. The van der Waals surface area contributed by atoms with Crippen LogP contribution in [0.25, 0.3) is 0 Å². The number of nitrogens with one attached hydrogen (secondary N) is 1. The first-order chi connectivity index (χ1) is 10.9. The van der Waals surface area contributed by atoms with Crippen molar-refractivity contribution in [2.75, 3.05) is 11.9 Å². The van der Waals surface area contributed by atoms with Crippen molar-refractivity contribution in [3.8, 4) is 0 Å². The number of hydrogen-bond acceptors (Lipinski definition) is 2. The van der Waals surface area contributed by atoms with Crippen molar-refractivity contribution in [2.45, 2.75) is 12.3 Å². The molecule has 23 heavy (non-hydrogen) atoms. The van der Waals surface area contributed by atoms with Gasteiger partial charge in [0.15, 0.2) is 0 Å². The third-order valence-electron chi connectivity index (χ3n) is 3.57. The number of benzene rings is 2. The van der Waals surface area contributed by atoms with Crippen LogP contribution in [0.5, 0.6) is 0 Å². The Kier molecular flexibility index (Phi) is 3.71. The Bertz CT molecular complexity index is 745. The lowest BCUT2D eigenvalue weighted by atomic mass is 10.0. The lowest BCUT2D eigenvalue weighted by Crippen LogP contribution is -2.47. The molecule has 3 nitrogen and oxygen atoms in total. The number of carbonyl (C=O) groups is 1. The molecule has 3 rings (SSSR count). The Labute approximate surface area is 129 Å². The van der Waals surface area contributed by atoms with Gasteiger partial charge in [0.2, 0.25) is 0 Å². The minimum atomic E-state index is -4.59. The van der Waals surface area contributed by atoms with Gasteiger partial charge >= 0.3 is 6.18 Å². The minimum Gasteiger partial charge on any atom is -0.361 e. The number of halogens is 4. The van der Waals surface area contributed by atoms with Crippen LogP contribution in [0, 0.1) is 5.82 Å². The summed E-state index contributed by atoms with van der Waals surface area (Å²) in [7, 11) is 0. The first kappa shape index (κ1) is 15.3. The maximum Gasteiger partial charge on any atom is 0.406 e. The molecule has 120 valence electrons. The van der Waals surface area contributed by atoms with Crippen LogP contribution in [0.1, 0.15) is 22.1 Å². The number of hydrogen-bond donors (Lipinski definition) is 1. The van der Waals surface area contributed by atoms with E-state index in [1.165, 1.54) is 24.3 Å². The molecule has 0 saturated carbocycles. The minimum absolute atomic E-state index is 0.0143. The van der Waals surface area contributed by atoms with Gasteiger partial charge < -0.3 is 10.2 Å². The Hall–Kier alpha value is -2.57. The zero-order valence-electron chi connectivity index (χ0n) is 11.8. The van der Waals surface area contributed by atoms with E-state index in [0.29, 0.717) is 10.6 Å². The molecule has 0 unspecified atom stereocenters. The van der Waals surface area contributed by atoms with E-state index < -0.39 is 30.6 Å². The molecule has 7 heteroatoms. The van der Waals surface area contributed by atoms with Crippen LogP contribution in [-0.2, 0) is 0 Å². The van der Waals surface area contributed by atoms with Crippen LogP contribution in [0.3, 0.4) is 0 Å². The van der Waals surface area contributed by atoms with Gasteiger partial charge in [0.1, 0.15) is 18.5 Å². The highest BCUT2D eigenvalue weighted by Gasteiger charge is 2.41. The largest absolute Gasteiger partial charge is 0.406 e. The van der Waals surface area contributed by atoms with E-state index in [9.17, 15) is 22.4 Å². The number of rotatable bonds is 2. The van der Waals surface area contributed by atoms with E-state index in [-0.39, 0.29) is 11.1 Å². The third-order valence-corrected chi connectivity index (χ3v) is 3.57. The van der Waals surface area contributed by atoms with Gasteiger partial charge in [-0.1, -0.05) is 30.3 Å². The molecule has 1 aliphatic rings. The smallest absolute Gasteiger partial charge is 0.361 e. The topological polar surface area (TPSA) is 32.3 Å². The predicted molar refractivity (Wildman–Crippen MR) is 76.3 cm³/mol. The van der Waals surface area contributed by atoms with Crippen molar-refractivity contribution in [1.29, 1.82) is 0 Å². The fourth-order valence-corrected chi connectivity index (χ4v) is 2.59. The summed E-state index contributed by atoms with van der Waals surface area (Å²) in [6, 6.07) is 11.7. The van der Waals surface area contributed by atoms with E-state index in [2.05, 4.69) is 5.32 Å². The number of para-hydroxylation sites is 1. The van der Waals surface area contributed by atoms with E-state index in [1.54, 1.807) is 18.2 Å². The molecule has 0 aromatic heterocycles. The molecule has 2 aromatic rings. The molecular weight excluding hydrogens is 312 g/mol. The molecule has 1 heterocycles. The summed E-state index contributed by atoms with van der Waals surface area (Å²) in [5, 5.41) is 2.82. The molecule has 0 saturated heterocycles. The molecule has 1 atom stereocenters. The standard InChI is InChI=1S/C16H12F4N2O/c17-12-7-3-1-5-10(12)14-21-13-8-4-2-6-11(13)15(23)22(14)9-16(18,19)20/h1-8,14,21H,9H2/t14-/m0/s1. The lowest BCUT2D eigenvalue weighted by molar-refractivity contribution is -0.144. The molecule has 1 N–H and O–H groups in total. The molecule has 1 amide bonds. The van der Waals surface area contributed by atoms with Gasteiger partial charge in [-0.05, 0) is 18.2 Å². The molecule has 0 radical (unpaired) electrons. The van der Waals surface area contributed by atoms with Gasteiger partial charge in [-0.3, -0.25) is 4.79 Å². The highest BCUT2D eigenvalue weighted by molar-refractivity contribution is 6.01. The van der Waals surface area contributed by atoms with Gasteiger partial charge in [-0.2, -0.15) is 13.2 Å². The summed E-state index contributed by atoms with van der Waals surface area (Å²) in [5.41, 5.74) is 0.494. The van der Waals surface area contributed by atoms with Gasteiger partial charge in [0.25, 0.3) is 5.91 Å². The zero-order valence-corrected chi connectivity index (χ0v) is 11.8. The van der Waals surface area contributed by atoms with Crippen molar-refractivity contribution in [3.05, 3.63) is 65.5 Å². The van der Waals surface area contributed by atoms with Gasteiger partial charge in [0, 0.05) is 11.3 Å². The van der Waals surface area contributed by atoms with Crippen molar-refractivity contribution >= 4 is 11.6 Å². The summed E-state index contributed by atoms with van der Waals surface area (Å²) >= 11 is 0. The Balaban J connectivity index is 2.08. The molecule has 0 bridgehead atoms. The number of carbonyl (C=O) groups excluding carboxylic acids is 1. The fourth-order valence-electron chi connectivity index (χ4n) is 2.59. The summed E-state index contributed by atoms with van der Waals surface area (Å²) in [4.78, 5) is 13.1. The first-order valence-electron chi connectivity index (χ1n) is 6.84. The van der Waals surface area contributed by atoms with Gasteiger partial charge in [-0.25, -0.2) is 4.39 Å². The number of alkyl halides is 3. The average molecular weight is 324 g/mol. The van der Waals surface area contributed by atoms with Crippen molar-refractivity contribution in [2.24, 2.45) is 0 Å². The van der Waals surface area contributed by atoms with Crippen LogP contribution in [0.4, 0.5) is 23.2 Å². The molecule has 0 aliphatic carbocycles. The molecule has 1 aliphatic heterocycles. The Morgan fingerprint density at radius 1 is 1.04 bits per heavy atom. The van der Waals surface area contributed by atoms with Crippen LogP contribution in [0.15, 0.2) is 48.5 Å². The van der Waals surface area contributed by atoms with Crippen LogP contribution >= 0.6 is 0 Å². The van der Waals surface area contributed by atoms with E-state index in [0.717, 1.165) is 6.07 Å². The van der Waals surface area contributed by atoms with Crippen molar-refractivity contribution < 1.29 is 22.4 Å². The Morgan fingerprint density at radius 3 is 2.39 bits per heavy atom. The molecule has 0 spiro atoms. The number of anilines is 1. The van der Waals surface area contributed by atoms with Gasteiger partial charge in [-0.15, -0.1) is 0 Å². The van der Waals surface area contributed by atoms with Crippen molar-refractivity contribution in [3.63, 3.8) is 0 Å². The normalized spacial score (nSPS) is 17.7. The Morgan fingerprint density at radius 2 is 1.70 bits per heavy atom. The summed E-state index contributed by atoms with van der Waals surface area (Å²) < 4.78 is 52.6. The van der Waals surface area contributed by atoms with Crippen LogP contribution in [0.2, 0.25) is 0 Å². The first-order valence-corrected chi connectivity index (χ1v) is 6.84. The second-order valence-corrected chi connectivity index (χ2v) is 5.16. The maximum atomic E-state index is 14.0. The summed E-state index contributed by atoms with van der Waals surface area (Å²) in [6.45, 7) is -1.47. The monoisotopic (exact) mass is 324 g/mol. The second-order valence-electron chi connectivity index (χ2n) is 5.16. The number of nitrogens with zero attached hydrogens (tertiary/aromatic N) is 1. The van der Waals surface area contributed by atoms with Crippen LogP contribution < -0.4 is 5.32 Å². The van der Waals surface area contributed by atoms with E-state index in [1.807, 2.05) is 0 Å². The summed E-state index contributed by atoms with van der Waals surface area (Å²) in [5.74, 6) is -1.46.